The van der Waals surface area contributed by atoms with Crippen LogP contribution in [0.5, 0.6) is 0 Å². The van der Waals surface area contributed by atoms with Crippen LogP contribution in [0.4, 0.5) is 0 Å². The van der Waals surface area contributed by atoms with Crippen LogP contribution >= 0.6 is 23.8 Å². The van der Waals surface area contributed by atoms with Gasteiger partial charge < -0.3 is 4.98 Å². The van der Waals surface area contributed by atoms with Gasteiger partial charge in [0.1, 0.15) is 0 Å². The smallest absolute Gasteiger partial charge is 0.263 e. The molecule has 0 saturated carbocycles. The summed E-state index contributed by atoms with van der Waals surface area (Å²) in [6.45, 7) is 4.33. The summed E-state index contributed by atoms with van der Waals surface area (Å²) in [4.78, 5) is 15.2. The molecule has 0 bridgehead atoms. The van der Waals surface area contributed by atoms with Crippen molar-refractivity contribution in [2.24, 2.45) is 0 Å². The fourth-order valence-electron chi connectivity index (χ4n) is 1.74. The molecule has 1 aromatic heterocycles. The maximum Gasteiger partial charge on any atom is 0.263 e. The minimum atomic E-state index is -0.130. The van der Waals surface area contributed by atoms with Crippen LogP contribution in [0.15, 0.2) is 16.9 Å². The van der Waals surface area contributed by atoms with Gasteiger partial charge in [0, 0.05) is 6.54 Å². The lowest BCUT2D eigenvalue weighted by atomic mass is 10.1. The number of halogens is 1. The van der Waals surface area contributed by atoms with Gasteiger partial charge in [-0.05, 0) is 37.7 Å². The Morgan fingerprint density at radius 1 is 1.50 bits per heavy atom. The minimum Gasteiger partial charge on any atom is -0.331 e. The van der Waals surface area contributed by atoms with Crippen LogP contribution in [-0.2, 0) is 6.54 Å². The van der Waals surface area contributed by atoms with E-state index in [1.807, 2.05) is 19.9 Å². The van der Waals surface area contributed by atoms with Crippen molar-refractivity contribution in [2.45, 2.75) is 20.4 Å². The van der Waals surface area contributed by atoms with Crippen molar-refractivity contribution >= 4 is 34.7 Å². The summed E-state index contributed by atoms with van der Waals surface area (Å²) in [7, 11) is 0. The predicted octanol–water partition coefficient (Wildman–Crippen LogP) is 3.04. The van der Waals surface area contributed by atoms with Crippen molar-refractivity contribution < 1.29 is 0 Å². The van der Waals surface area contributed by atoms with Crippen LogP contribution in [0.2, 0.25) is 5.02 Å². The summed E-state index contributed by atoms with van der Waals surface area (Å²) < 4.78 is 1.94. The van der Waals surface area contributed by atoms with Gasteiger partial charge >= 0.3 is 0 Å². The van der Waals surface area contributed by atoms with Gasteiger partial charge in [-0.3, -0.25) is 9.36 Å². The van der Waals surface area contributed by atoms with E-state index >= 15 is 0 Å². The molecule has 0 atom stereocenters. The summed E-state index contributed by atoms with van der Waals surface area (Å²) in [6.07, 6.45) is 0. The Bertz CT molecular complexity index is 672. The lowest BCUT2D eigenvalue weighted by Crippen LogP contribution is -2.21. The molecule has 0 aliphatic heterocycles. The molecule has 2 aromatic rings. The minimum absolute atomic E-state index is 0.130. The lowest BCUT2D eigenvalue weighted by molar-refractivity contribution is 0.704. The average molecular weight is 255 g/mol. The van der Waals surface area contributed by atoms with Crippen molar-refractivity contribution in [3.63, 3.8) is 0 Å². The Morgan fingerprint density at radius 3 is 2.81 bits per heavy atom. The van der Waals surface area contributed by atoms with Crippen LogP contribution in [-0.4, -0.2) is 9.55 Å². The first-order chi connectivity index (χ1) is 7.56. The normalized spacial score (nSPS) is 10.9. The summed E-state index contributed by atoms with van der Waals surface area (Å²) in [5, 5.41) is 0.969. The molecule has 3 nitrogen and oxygen atoms in total. The zero-order valence-electron chi connectivity index (χ0n) is 9.00. The molecular weight excluding hydrogens is 244 g/mol. The second-order valence-electron chi connectivity index (χ2n) is 3.59. The maximum atomic E-state index is 12.1. The fourth-order valence-corrected chi connectivity index (χ4v) is 2.29. The summed E-state index contributed by atoms with van der Waals surface area (Å²) in [5.74, 6) is 0. The molecule has 0 radical (unpaired) electrons. The Kier molecular flexibility index (Phi) is 2.86. The second-order valence-corrected chi connectivity index (χ2v) is 4.39. The highest BCUT2D eigenvalue weighted by Gasteiger charge is 2.09. The molecule has 1 heterocycles. The van der Waals surface area contributed by atoms with E-state index in [-0.39, 0.29) is 5.56 Å². The number of nitrogens with one attached hydrogen (secondary N) is 1. The van der Waals surface area contributed by atoms with Crippen LogP contribution in [0, 0.1) is 11.7 Å². The average Bonchev–Trinajstić information content (AvgIpc) is 2.24. The molecule has 0 aliphatic rings. The van der Waals surface area contributed by atoms with E-state index in [1.54, 1.807) is 6.07 Å². The SMILES string of the molecule is CCn1c(=S)[nH]c2c(C)ccc(Cl)c2c1=O. The topological polar surface area (TPSA) is 37.8 Å². The highest BCUT2D eigenvalue weighted by molar-refractivity contribution is 7.71. The summed E-state index contributed by atoms with van der Waals surface area (Å²) in [6, 6.07) is 3.60. The van der Waals surface area contributed by atoms with Crippen molar-refractivity contribution in [3.05, 3.63) is 37.8 Å². The van der Waals surface area contributed by atoms with Gasteiger partial charge in [-0.1, -0.05) is 17.7 Å². The van der Waals surface area contributed by atoms with Gasteiger partial charge in [0.2, 0.25) is 0 Å². The maximum absolute atomic E-state index is 12.1. The van der Waals surface area contributed by atoms with Crippen molar-refractivity contribution in [1.29, 1.82) is 0 Å². The molecule has 0 amide bonds. The number of aryl methyl sites for hydroxylation is 1. The number of rotatable bonds is 1. The predicted molar refractivity (Wildman–Crippen MR) is 68.8 cm³/mol. The standard InChI is InChI=1S/C11H11ClN2OS/c1-3-14-10(15)8-7(12)5-4-6(2)9(8)13-11(14)16/h4-5H,3H2,1-2H3,(H,13,16). The van der Waals surface area contributed by atoms with Crippen molar-refractivity contribution in [3.8, 4) is 0 Å². The second kappa shape index (κ2) is 4.03. The molecule has 16 heavy (non-hydrogen) atoms. The number of benzene rings is 1. The number of nitrogens with zero attached hydrogens (tertiary/aromatic N) is 1. The Labute approximate surface area is 103 Å². The largest absolute Gasteiger partial charge is 0.331 e. The van der Waals surface area contributed by atoms with Gasteiger partial charge in [0.25, 0.3) is 5.56 Å². The first-order valence-corrected chi connectivity index (χ1v) is 5.76. The third kappa shape index (κ3) is 1.58. The van der Waals surface area contributed by atoms with Crippen LogP contribution in [0.25, 0.3) is 10.9 Å². The van der Waals surface area contributed by atoms with Crippen LogP contribution < -0.4 is 5.56 Å². The molecule has 0 aliphatic carbocycles. The highest BCUT2D eigenvalue weighted by atomic mass is 35.5. The zero-order valence-corrected chi connectivity index (χ0v) is 10.6. The quantitative estimate of drug-likeness (QED) is 0.795. The van der Waals surface area contributed by atoms with E-state index in [4.69, 9.17) is 23.8 Å². The van der Waals surface area contributed by atoms with Crippen LogP contribution in [0.1, 0.15) is 12.5 Å². The van der Waals surface area contributed by atoms with E-state index < -0.39 is 0 Å². The van der Waals surface area contributed by atoms with Gasteiger partial charge in [-0.25, -0.2) is 0 Å². The number of hydrogen-bond acceptors (Lipinski definition) is 2. The zero-order chi connectivity index (χ0) is 11.9. The molecule has 1 N–H and O–H groups in total. The van der Waals surface area contributed by atoms with E-state index in [2.05, 4.69) is 4.98 Å². The third-order valence-corrected chi connectivity index (χ3v) is 3.25. The van der Waals surface area contributed by atoms with Gasteiger partial charge in [-0.2, -0.15) is 0 Å². The third-order valence-electron chi connectivity index (χ3n) is 2.62. The van der Waals surface area contributed by atoms with E-state index in [9.17, 15) is 4.79 Å². The monoisotopic (exact) mass is 254 g/mol. The molecular formula is C11H11ClN2OS. The van der Waals surface area contributed by atoms with E-state index in [0.717, 1.165) is 11.1 Å². The molecule has 0 fully saturated rings. The Hall–Kier alpha value is -1.13. The van der Waals surface area contributed by atoms with Gasteiger partial charge in [0.05, 0.1) is 15.9 Å². The first kappa shape index (κ1) is 11.4. The number of aromatic nitrogens is 2. The molecule has 0 unspecified atom stereocenters. The Morgan fingerprint density at radius 2 is 2.19 bits per heavy atom. The first-order valence-electron chi connectivity index (χ1n) is 4.98. The van der Waals surface area contributed by atoms with E-state index in [1.165, 1.54) is 4.57 Å². The summed E-state index contributed by atoms with van der Waals surface area (Å²) >= 11 is 11.2. The number of fused-ring (bicyclic) bond motifs is 1. The fraction of sp³-hybridized carbons (Fsp3) is 0.273. The highest BCUT2D eigenvalue weighted by Crippen LogP contribution is 2.21. The van der Waals surface area contributed by atoms with Crippen molar-refractivity contribution in [2.75, 3.05) is 0 Å². The molecule has 2 rings (SSSR count). The molecule has 5 heteroatoms. The van der Waals surface area contributed by atoms with Crippen molar-refractivity contribution in [1.82, 2.24) is 9.55 Å². The summed E-state index contributed by atoms with van der Waals surface area (Å²) in [5.41, 5.74) is 1.56. The van der Waals surface area contributed by atoms with Gasteiger partial charge in [0.15, 0.2) is 4.77 Å². The Balaban J connectivity index is 3.11. The molecule has 84 valence electrons. The number of hydrogen-bond donors (Lipinski definition) is 1. The molecule has 0 spiro atoms. The van der Waals surface area contributed by atoms with Gasteiger partial charge in [-0.15, -0.1) is 0 Å². The van der Waals surface area contributed by atoms with E-state index in [0.29, 0.717) is 21.7 Å². The number of aromatic amines is 1. The number of H-pyrrole nitrogens is 1. The lowest BCUT2D eigenvalue weighted by Gasteiger charge is -2.08. The van der Waals surface area contributed by atoms with Crippen LogP contribution in [0.3, 0.4) is 0 Å². The molecule has 0 saturated heterocycles. The molecule has 1 aromatic carbocycles.